The molecular weight excluding hydrogens is 182 g/mol. The summed E-state index contributed by atoms with van der Waals surface area (Å²) in [6.45, 7) is 0. The van der Waals surface area contributed by atoms with E-state index in [4.69, 9.17) is 0 Å². The van der Waals surface area contributed by atoms with E-state index in [1.807, 2.05) is 0 Å². The SMILES string of the molecule is CNC12CCC(C3CCCC3)(CC1)CC2. The van der Waals surface area contributed by atoms with Gasteiger partial charge in [0.15, 0.2) is 0 Å². The number of nitrogens with one attached hydrogen (secondary N) is 1. The van der Waals surface area contributed by atoms with Gasteiger partial charge in [-0.15, -0.1) is 0 Å². The molecule has 1 nitrogen and oxygen atoms in total. The molecule has 0 heterocycles. The van der Waals surface area contributed by atoms with Crippen LogP contribution in [-0.4, -0.2) is 12.6 Å². The normalized spacial score (nSPS) is 46.2. The zero-order valence-corrected chi connectivity index (χ0v) is 10.1. The molecule has 0 radical (unpaired) electrons. The van der Waals surface area contributed by atoms with Crippen molar-refractivity contribution < 1.29 is 0 Å². The standard InChI is InChI=1S/C14H25N/c1-15-14-9-6-13(7-10-14,8-11-14)12-4-2-3-5-12/h12,15H,2-11H2,1H3. The third-order valence-electron chi connectivity index (χ3n) is 6.06. The largest absolute Gasteiger partial charge is 0.314 e. The van der Waals surface area contributed by atoms with Crippen molar-refractivity contribution in [3.63, 3.8) is 0 Å². The molecule has 4 fully saturated rings. The van der Waals surface area contributed by atoms with Gasteiger partial charge in [0, 0.05) is 5.54 Å². The minimum atomic E-state index is 0.556. The predicted octanol–water partition coefficient (Wildman–Crippen LogP) is 3.49. The lowest BCUT2D eigenvalue weighted by Crippen LogP contribution is -2.55. The molecule has 2 bridgehead atoms. The molecule has 1 N–H and O–H groups in total. The Bertz CT molecular complexity index is 215. The molecule has 0 aromatic carbocycles. The second-order valence-corrected chi connectivity index (χ2v) is 6.37. The van der Waals surface area contributed by atoms with Crippen molar-refractivity contribution in [3.8, 4) is 0 Å². The van der Waals surface area contributed by atoms with Crippen molar-refractivity contribution >= 4 is 0 Å². The van der Waals surface area contributed by atoms with Gasteiger partial charge in [0.25, 0.3) is 0 Å². The van der Waals surface area contributed by atoms with Crippen LogP contribution in [0.1, 0.15) is 64.2 Å². The molecule has 1 heteroatoms. The predicted molar refractivity (Wildman–Crippen MR) is 63.9 cm³/mol. The molecule has 0 aromatic rings. The Balaban J connectivity index is 1.75. The maximum absolute atomic E-state index is 3.61. The monoisotopic (exact) mass is 207 g/mol. The topological polar surface area (TPSA) is 12.0 Å². The van der Waals surface area contributed by atoms with Gasteiger partial charge >= 0.3 is 0 Å². The van der Waals surface area contributed by atoms with Crippen molar-refractivity contribution in [3.05, 3.63) is 0 Å². The highest BCUT2D eigenvalue weighted by atomic mass is 15.0. The Hall–Kier alpha value is -0.0400. The average molecular weight is 207 g/mol. The highest BCUT2D eigenvalue weighted by Crippen LogP contribution is 2.59. The zero-order valence-electron chi connectivity index (χ0n) is 10.1. The second kappa shape index (κ2) is 3.48. The first-order chi connectivity index (χ1) is 7.29. The third kappa shape index (κ3) is 1.46. The van der Waals surface area contributed by atoms with E-state index in [0.717, 1.165) is 11.3 Å². The lowest BCUT2D eigenvalue weighted by Gasteiger charge is -2.56. The van der Waals surface area contributed by atoms with E-state index in [-0.39, 0.29) is 0 Å². The molecule has 0 aromatic heterocycles. The van der Waals surface area contributed by atoms with Crippen LogP contribution in [0, 0.1) is 11.3 Å². The van der Waals surface area contributed by atoms with E-state index in [1.165, 1.54) is 51.4 Å². The van der Waals surface area contributed by atoms with Gasteiger partial charge in [0.2, 0.25) is 0 Å². The maximum atomic E-state index is 3.61. The minimum absolute atomic E-state index is 0.556. The molecule has 4 rings (SSSR count). The van der Waals surface area contributed by atoms with Crippen molar-refractivity contribution in [2.24, 2.45) is 11.3 Å². The molecule has 0 unspecified atom stereocenters. The summed E-state index contributed by atoms with van der Waals surface area (Å²) in [4.78, 5) is 0. The van der Waals surface area contributed by atoms with Gasteiger partial charge in [0.1, 0.15) is 0 Å². The fraction of sp³-hybridized carbons (Fsp3) is 1.00. The van der Waals surface area contributed by atoms with Crippen molar-refractivity contribution in [1.29, 1.82) is 0 Å². The van der Waals surface area contributed by atoms with E-state index in [9.17, 15) is 0 Å². The molecule has 15 heavy (non-hydrogen) atoms. The summed E-state index contributed by atoms with van der Waals surface area (Å²) in [7, 11) is 2.17. The highest BCUT2D eigenvalue weighted by molar-refractivity contribution is 5.06. The summed E-state index contributed by atoms with van der Waals surface area (Å²) >= 11 is 0. The van der Waals surface area contributed by atoms with Crippen molar-refractivity contribution in [2.45, 2.75) is 69.7 Å². The van der Waals surface area contributed by atoms with Crippen LogP contribution in [0.25, 0.3) is 0 Å². The van der Waals surface area contributed by atoms with E-state index in [2.05, 4.69) is 12.4 Å². The van der Waals surface area contributed by atoms with E-state index < -0.39 is 0 Å². The molecule has 0 saturated heterocycles. The number of hydrogen-bond donors (Lipinski definition) is 1. The molecule has 4 aliphatic carbocycles. The first kappa shape index (κ1) is 10.1. The van der Waals surface area contributed by atoms with Crippen LogP contribution in [0.2, 0.25) is 0 Å². The fourth-order valence-electron chi connectivity index (χ4n) is 4.74. The first-order valence-electron chi connectivity index (χ1n) is 6.98. The summed E-state index contributed by atoms with van der Waals surface area (Å²) in [6.07, 6.45) is 15.1. The molecule has 4 aliphatic rings. The Labute approximate surface area is 94.0 Å². The van der Waals surface area contributed by atoms with Crippen LogP contribution < -0.4 is 5.32 Å². The van der Waals surface area contributed by atoms with Crippen LogP contribution in [0.15, 0.2) is 0 Å². The zero-order chi connectivity index (χ0) is 10.4. The Kier molecular flexibility index (Phi) is 2.35. The molecular formula is C14H25N. The summed E-state index contributed by atoms with van der Waals surface area (Å²) in [5.74, 6) is 1.10. The third-order valence-corrected chi connectivity index (χ3v) is 6.06. The van der Waals surface area contributed by atoms with Crippen molar-refractivity contribution in [1.82, 2.24) is 5.32 Å². The summed E-state index contributed by atoms with van der Waals surface area (Å²) in [5.41, 5.74) is 1.36. The maximum Gasteiger partial charge on any atom is 0.0179 e. The summed E-state index contributed by atoms with van der Waals surface area (Å²) in [6, 6.07) is 0. The van der Waals surface area contributed by atoms with Gasteiger partial charge in [-0.3, -0.25) is 0 Å². The van der Waals surface area contributed by atoms with Gasteiger partial charge in [-0.1, -0.05) is 12.8 Å². The molecule has 0 atom stereocenters. The second-order valence-electron chi connectivity index (χ2n) is 6.37. The molecule has 4 saturated carbocycles. The first-order valence-corrected chi connectivity index (χ1v) is 6.98. The van der Waals surface area contributed by atoms with Gasteiger partial charge in [-0.25, -0.2) is 0 Å². The Morgan fingerprint density at radius 3 is 1.87 bits per heavy atom. The van der Waals surface area contributed by atoms with Gasteiger partial charge < -0.3 is 5.32 Å². The Morgan fingerprint density at radius 1 is 0.867 bits per heavy atom. The van der Waals surface area contributed by atoms with Crippen molar-refractivity contribution in [2.75, 3.05) is 7.05 Å². The van der Waals surface area contributed by atoms with Gasteiger partial charge in [-0.05, 0) is 69.7 Å². The van der Waals surface area contributed by atoms with E-state index in [0.29, 0.717) is 5.54 Å². The number of hydrogen-bond acceptors (Lipinski definition) is 1. The lowest BCUT2D eigenvalue weighted by molar-refractivity contribution is -0.0166. The van der Waals surface area contributed by atoms with E-state index in [1.54, 1.807) is 12.8 Å². The Morgan fingerprint density at radius 2 is 1.40 bits per heavy atom. The summed E-state index contributed by atoms with van der Waals surface area (Å²) in [5, 5.41) is 3.61. The number of fused-ring (bicyclic) bond motifs is 3. The smallest absolute Gasteiger partial charge is 0.0179 e. The minimum Gasteiger partial charge on any atom is -0.314 e. The highest BCUT2D eigenvalue weighted by Gasteiger charge is 2.51. The summed E-state index contributed by atoms with van der Waals surface area (Å²) < 4.78 is 0. The van der Waals surface area contributed by atoms with Crippen LogP contribution in [-0.2, 0) is 0 Å². The van der Waals surface area contributed by atoms with E-state index >= 15 is 0 Å². The number of rotatable bonds is 2. The lowest BCUT2D eigenvalue weighted by atomic mass is 9.52. The molecule has 0 spiro atoms. The van der Waals surface area contributed by atoms with Crippen LogP contribution in [0.4, 0.5) is 0 Å². The van der Waals surface area contributed by atoms with Gasteiger partial charge in [-0.2, -0.15) is 0 Å². The quantitative estimate of drug-likeness (QED) is 0.731. The average Bonchev–Trinajstić information content (AvgIpc) is 2.86. The van der Waals surface area contributed by atoms with Gasteiger partial charge in [0.05, 0.1) is 0 Å². The molecule has 86 valence electrons. The molecule has 0 amide bonds. The molecule has 0 aliphatic heterocycles. The van der Waals surface area contributed by atoms with Crippen LogP contribution in [0.5, 0.6) is 0 Å². The fourth-order valence-corrected chi connectivity index (χ4v) is 4.74. The van der Waals surface area contributed by atoms with Crippen LogP contribution in [0.3, 0.4) is 0 Å². The van der Waals surface area contributed by atoms with Crippen LogP contribution >= 0.6 is 0 Å².